The molecule has 0 aliphatic carbocycles. The van der Waals surface area contributed by atoms with Crippen molar-refractivity contribution in [3.8, 4) is 0 Å². The van der Waals surface area contributed by atoms with Crippen LogP contribution >= 0.6 is 11.8 Å². The van der Waals surface area contributed by atoms with E-state index in [9.17, 15) is 13.6 Å². The summed E-state index contributed by atoms with van der Waals surface area (Å²) in [5, 5.41) is -0.125. The highest BCUT2D eigenvalue weighted by Crippen LogP contribution is 2.30. The molecule has 0 aliphatic rings. The van der Waals surface area contributed by atoms with E-state index in [2.05, 4.69) is 0 Å². The molecule has 0 N–H and O–H groups in total. The van der Waals surface area contributed by atoms with Gasteiger partial charge in [-0.1, -0.05) is 13.0 Å². The van der Waals surface area contributed by atoms with Gasteiger partial charge in [-0.15, -0.1) is 0 Å². The third-order valence-electron chi connectivity index (χ3n) is 2.53. The van der Waals surface area contributed by atoms with Gasteiger partial charge >= 0.3 is 0 Å². The summed E-state index contributed by atoms with van der Waals surface area (Å²) in [5.41, 5.74) is 0.148. The van der Waals surface area contributed by atoms with Crippen molar-refractivity contribution in [2.75, 3.05) is 6.26 Å². The summed E-state index contributed by atoms with van der Waals surface area (Å²) < 4.78 is 27.2. The van der Waals surface area contributed by atoms with E-state index >= 15 is 0 Å². The van der Waals surface area contributed by atoms with Crippen LogP contribution in [0.25, 0.3) is 0 Å². The fourth-order valence-corrected chi connectivity index (χ4v) is 1.85. The number of carbonyl (C=O) groups excluding carboxylic acids is 1. The molecule has 0 bridgehead atoms. The van der Waals surface area contributed by atoms with E-state index in [-0.39, 0.29) is 23.0 Å². The van der Waals surface area contributed by atoms with Gasteiger partial charge in [0.1, 0.15) is 0 Å². The van der Waals surface area contributed by atoms with Crippen molar-refractivity contribution in [1.29, 1.82) is 0 Å². The van der Waals surface area contributed by atoms with Crippen LogP contribution in [-0.4, -0.2) is 12.0 Å². The van der Waals surface area contributed by atoms with Crippen LogP contribution in [0.1, 0.15) is 41.4 Å². The largest absolute Gasteiger partial charge is 0.294 e. The summed E-state index contributed by atoms with van der Waals surface area (Å²) in [7, 11) is 0. The second-order valence-electron chi connectivity index (χ2n) is 3.48. The molecule has 0 amide bonds. The van der Waals surface area contributed by atoms with Crippen molar-refractivity contribution in [3.05, 3.63) is 34.9 Å². The topological polar surface area (TPSA) is 17.1 Å². The lowest BCUT2D eigenvalue weighted by Crippen LogP contribution is -2.06. The fraction of sp³-hybridized carbons (Fsp3) is 0.417. The van der Waals surface area contributed by atoms with Gasteiger partial charge in [-0.3, -0.25) is 4.79 Å². The summed E-state index contributed by atoms with van der Waals surface area (Å²) >= 11 is 1.43. The van der Waals surface area contributed by atoms with Crippen molar-refractivity contribution >= 4 is 17.5 Å². The zero-order valence-corrected chi connectivity index (χ0v) is 10.3. The van der Waals surface area contributed by atoms with E-state index in [1.54, 1.807) is 13.8 Å². The number of thioether (sulfide) groups is 1. The van der Waals surface area contributed by atoms with Crippen molar-refractivity contribution < 1.29 is 13.6 Å². The number of halogens is 2. The first-order chi connectivity index (χ1) is 7.52. The minimum absolute atomic E-state index is 0.125. The lowest BCUT2D eigenvalue weighted by Gasteiger charge is -2.11. The molecule has 1 aromatic carbocycles. The second kappa shape index (κ2) is 5.43. The second-order valence-corrected chi connectivity index (χ2v) is 4.66. The highest BCUT2D eigenvalue weighted by Gasteiger charge is 2.19. The summed E-state index contributed by atoms with van der Waals surface area (Å²) in [4.78, 5) is 11.3. The Kier molecular flexibility index (Phi) is 4.47. The molecule has 1 unspecified atom stereocenters. The molecular weight excluding hydrogens is 230 g/mol. The molecule has 1 atom stereocenters. The zero-order chi connectivity index (χ0) is 12.3. The summed E-state index contributed by atoms with van der Waals surface area (Å²) in [6.45, 7) is 3.42. The Balaban J connectivity index is 3.23. The first kappa shape index (κ1) is 13.2. The zero-order valence-electron chi connectivity index (χ0n) is 9.51. The third kappa shape index (κ3) is 2.43. The van der Waals surface area contributed by atoms with E-state index in [0.717, 1.165) is 0 Å². The SMILES string of the molecule is CCC(=O)c1ccc(C(C)SC)c(F)c1F. The third-order valence-corrected chi connectivity index (χ3v) is 3.49. The van der Waals surface area contributed by atoms with Gasteiger partial charge in [0.15, 0.2) is 17.4 Å². The number of ketones is 1. The van der Waals surface area contributed by atoms with Crippen LogP contribution in [0.4, 0.5) is 8.78 Å². The van der Waals surface area contributed by atoms with Crippen LogP contribution in [0.3, 0.4) is 0 Å². The van der Waals surface area contributed by atoms with Gasteiger partial charge in [0, 0.05) is 17.2 Å². The molecule has 4 heteroatoms. The average Bonchev–Trinajstić information content (AvgIpc) is 2.30. The number of Topliss-reactive ketones (excluding diaryl/α,β-unsaturated/α-hetero) is 1. The Hall–Kier alpha value is -0.900. The van der Waals surface area contributed by atoms with E-state index in [4.69, 9.17) is 0 Å². The van der Waals surface area contributed by atoms with Gasteiger partial charge < -0.3 is 0 Å². The quantitative estimate of drug-likeness (QED) is 0.745. The summed E-state index contributed by atoms with van der Waals surface area (Å²) in [5.74, 6) is -2.30. The lowest BCUT2D eigenvalue weighted by atomic mass is 10.0. The molecule has 88 valence electrons. The van der Waals surface area contributed by atoms with Crippen LogP contribution in [0, 0.1) is 11.6 Å². The van der Waals surface area contributed by atoms with Crippen molar-refractivity contribution in [1.82, 2.24) is 0 Å². The maximum absolute atomic E-state index is 13.7. The molecule has 0 saturated heterocycles. The van der Waals surface area contributed by atoms with E-state index < -0.39 is 11.6 Å². The standard InChI is InChI=1S/C12H14F2OS/c1-4-10(15)9-6-5-8(7(2)16-3)11(13)12(9)14/h5-7H,4H2,1-3H3. The molecule has 0 heterocycles. The van der Waals surface area contributed by atoms with Crippen molar-refractivity contribution in [3.63, 3.8) is 0 Å². The molecule has 0 spiro atoms. The minimum Gasteiger partial charge on any atom is -0.294 e. The van der Waals surface area contributed by atoms with E-state index in [1.165, 1.54) is 23.9 Å². The fourth-order valence-electron chi connectivity index (χ4n) is 1.41. The van der Waals surface area contributed by atoms with Crippen LogP contribution in [0.15, 0.2) is 12.1 Å². The normalized spacial score (nSPS) is 12.6. The monoisotopic (exact) mass is 244 g/mol. The first-order valence-electron chi connectivity index (χ1n) is 5.06. The Morgan fingerprint density at radius 3 is 2.50 bits per heavy atom. The number of rotatable bonds is 4. The molecule has 1 nitrogen and oxygen atoms in total. The Bertz CT molecular complexity index is 404. The lowest BCUT2D eigenvalue weighted by molar-refractivity contribution is 0.0983. The van der Waals surface area contributed by atoms with E-state index in [1.807, 2.05) is 6.26 Å². The molecule has 0 saturated carbocycles. The molecule has 0 fully saturated rings. The van der Waals surface area contributed by atoms with Gasteiger partial charge in [0.05, 0.1) is 5.56 Å². The molecule has 1 aromatic rings. The van der Waals surface area contributed by atoms with Gasteiger partial charge in [-0.25, -0.2) is 8.78 Å². The van der Waals surface area contributed by atoms with Crippen molar-refractivity contribution in [2.45, 2.75) is 25.5 Å². The van der Waals surface area contributed by atoms with Gasteiger partial charge in [-0.05, 0) is 19.2 Å². The van der Waals surface area contributed by atoms with Crippen molar-refractivity contribution in [2.24, 2.45) is 0 Å². The Morgan fingerprint density at radius 2 is 2.00 bits per heavy atom. The number of hydrogen-bond donors (Lipinski definition) is 0. The van der Waals surface area contributed by atoms with Gasteiger partial charge in [-0.2, -0.15) is 11.8 Å². The smallest absolute Gasteiger partial charge is 0.169 e. The highest BCUT2D eigenvalue weighted by molar-refractivity contribution is 7.98. The highest BCUT2D eigenvalue weighted by atomic mass is 32.2. The average molecular weight is 244 g/mol. The molecular formula is C12H14F2OS. The van der Waals surface area contributed by atoms with Crippen LogP contribution < -0.4 is 0 Å². The van der Waals surface area contributed by atoms with Crippen LogP contribution in [0.5, 0.6) is 0 Å². The van der Waals surface area contributed by atoms with Crippen LogP contribution in [0.2, 0.25) is 0 Å². The number of benzene rings is 1. The summed E-state index contributed by atoms with van der Waals surface area (Å²) in [6, 6.07) is 2.86. The molecule has 0 aromatic heterocycles. The molecule has 0 radical (unpaired) electrons. The molecule has 16 heavy (non-hydrogen) atoms. The Morgan fingerprint density at radius 1 is 1.38 bits per heavy atom. The van der Waals surface area contributed by atoms with Gasteiger partial charge in [0.2, 0.25) is 0 Å². The minimum atomic E-state index is -1.02. The predicted molar refractivity (Wildman–Crippen MR) is 62.9 cm³/mol. The number of hydrogen-bond acceptors (Lipinski definition) is 2. The summed E-state index contributed by atoms with van der Waals surface area (Å²) in [6.07, 6.45) is 2.00. The maximum Gasteiger partial charge on any atom is 0.169 e. The maximum atomic E-state index is 13.7. The van der Waals surface area contributed by atoms with Gasteiger partial charge in [0.25, 0.3) is 0 Å². The molecule has 1 rings (SSSR count). The first-order valence-corrected chi connectivity index (χ1v) is 6.35. The number of carbonyl (C=O) groups is 1. The van der Waals surface area contributed by atoms with E-state index in [0.29, 0.717) is 5.56 Å². The van der Waals surface area contributed by atoms with Crippen LogP contribution in [-0.2, 0) is 0 Å². The predicted octanol–water partition coefficient (Wildman–Crippen LogP) is 3.98. The molecule has 0 aliphatic heterocycles. The Labute approximate surface area is 98.2 Å².